The van der Waals surface area contributed by atoms with Crippen molar-refractivity contribution in [1.29, 1.82) is 0 Å². The summed E-state index contributed by atoms with van der Waals surface area (Å²) in [5.74, 6) is 0. The van der Waals surface area contributed by atoms with E-state index in [1.807, 2.05) is 0 Å². The molecular formula is C4H12O2Sn. The van der Waals surface area contributed by atoms with Crippen LogP contribution in [0, 0.1) is 0 Å². The van der Waals surface area contributed by atoms with Crippen LogP contribution in [0.15, 0.2) is 0 Å². The first-order valence-electron chi connectivity index (χ1n) is 2.05. The van der Waals surface area contributed by atoms with E-state index in [0.29, 0.717) is 0 Å². The van der Waals surface area contributed by atoms with Crippen molar-refractivity contribution in [2.45, 2.75) is 13.8 Å². The van der Waals surface area contributed by atoms with Gasteiger partial charge in [-0.15, -0.1) is 0 Å². The first-order chi connectivity index (χ1) is 2.83. The van der Waals surface area contributed by atoms with Crippen molar-refractivity contribution in [2.24, 2.45) is 0 Å². The number of rotatable bonds is 0. The van der Waals surface area contributed by atoms with Gasteiger partial charge in [0.05, 0.1) is 0 Å². The zero-order valence-corrected chi connectivity index (χ0v) is 7.66. The van der Waals surface area contributed by atoms with Gasteiger partial charge >= 0.3 is 0 Å². The Morgan fingerprint density at radius 3 is 1.00 bits per heavy atom. The van der Waals surface area contributed by atoms with E-state index in [2.05, 4.69) is 0 Å². The van der Waals surface area contributed by atoms with Crippen molar-refractivity contribution in [3.8, 4) is 0 Å². The van der Waals surface area contributed by atoms with Crippen LogP contribution < -0.4 is 0 Å². The third kappa shape index (κ3) is 290. The molecule has 3 heteroatoms. The molecule has 0 aromatic carbocycles. The number of aliphatic hydroxyl groups is 2. The van der Waals surface area contributed by atoms with Crippen LogP contribution in [0.1, 0.15) is 13.8 Å². The molecule has 0 heterocycles. The standard InChI is InChI=1S/2C2H6O.Sn/c2*1-2-3;/h2*3H,2H2,1H3;. The third-order valence-electron chi connectivity index (χ3n) is 0. The maximum absolute atomic E-state index is 7.57. The molecule has 0 atom stereocenters. The van der Waals surface area contributed by atoms with Gasteiger partial charge in [-0.2, -0.15) is 0 Å². The van der Waals surface area contributed by atoms with Gasteiger partial charge in [-0.25, -0.2) is 0 Å². The molecule has 0 unspecified atom stereocenters. The maximum atomic E-state index is 7.57. The van der Waals surface area contributed by atoms with Gasteiger partial charge in [0.1, 0.15) is 0 Å². The first-order valence-corrected chi connectivity index (χ1v) is 2.05. The molecule has 44 valence electrons. The Bertz CT molecular complexity index is 11.7. The van der Waals surface area contributed by atoms with E-state index in [4.69, 9.17) is 10.2 Å². The predicted molar refractivity (Wildman–Crippen MR) is 31.3 cm³/mol. The fourth-order valence-corrected chi connectivity index (χ4v) is 0. The fourth-order valence-electron chi connectivity index (χ4n) is 0. The van der Waals surface area contributed by atoms with E-state index in [1.165, 1.54) is 0 Å². The van der Waals surface area contributed by atoms with Crippen LogP contribution in [0.5, 0.6) is 0 Å². The zero-order chi connectivity index (χ0) is 5.41. The van der Waals surface area contributed by atoms with E-state index in [-0.39, 0.29) is 37.1 Å². The van der Waals surface area contributed by atoms with E-state index in [1.54, 1.807) is 13.8 Å². The van der Waals surface area contributed by atoms with Crippen molar-refractivity contribution in [2.75, 3.05) is 13.2 Å². The number of hydrogen-bond acceptors (Lipinski definition) is 2. The molecule has 0 saturated heterocycles. The zero-order valence-electron chi connectivity index (χ0n) is 4.81. The van der Waals surface area contributed by atoms with Crippen LogP contribution in [0.4, 0.5) is 0 Å². The molecule has 0 aromatic heterocycles. The molecule has 0 aliphatic rings. The summed E-state index contributed by atoms with van der Waals surface area (Å²) < 4.78 is 0. The van der Waals surface area contributed by atoms with Gasteiger partial charge in [-0.3, -0.25) is 0 Å². The molecule has 0 aliphatic carbocycles. The second kappa shape index (κ2) is 29.7. The van der Waals surface area contributed by atoms with Crippen LogP contribution >= 0.6 is 0 Å². The third-order valence-corrected chi connectivity index (χ3v) is 0. The Hall–Kier alpha value is 0.719. The largest absolute Gasteiger partial charge is 0.397 e. The molecule has 7 heavy (non-hydrogen) atoms. The molecule has 0 amide bonds. The Balaban J connectivity index is -0.0000000400. The van der Waals surface area contributed by atoms with Crippen molar-refractivity contribution < 1.29 is 10.2 Å². The molecule has 0 fully saturated rings. The smallest absolute Gasteiger partial charge is 0.0402 e. The molecule has 0 spiro atoms. The van der Waals surface area contributed by atoms with Crippen molar-refractivity contribution >= 4 is 23.9 Å². The van der Waals surface area contributed by atoms with Gasteiger partial charge in [0.25, 0.3) is 0 Å². The fraction of sp³-hybridized carbons (Fsp3) is 1.00. The summed E-state index contributed by atoms with van der Waals surface area (Å²) >= 11 is 0. The topological polar surface area (TPSA) is 40.5 Å². The number of hydrogen-bond donors (Lipinski definition) is 2. The van der Waals surface area contributed by atoms with Gasteiger partial charge in [0.2, 0.25) is 0 Å². The van der Waals surface area contributed by atoms with E-state index in [0.717, 1.165) is 0 Å². The Kier molecular flexibility index (Phi) is 66.5. The van der Waals surface area contributed by atoms with Gasteiger partial charge in [0, 0.05) is 37.1 Å². The Morgan fingerprint density at radius 2 is 1.00 bits per heavy atom. The SMILES string of the molecule is CCO.CCO.[Sn]. The average Bonchev–Trinajstić information content (AvgIpc) is 1.39. The summed E-state index contributed by atoms with van der Waals surface area (Å²) in [6, 6.07) is 0. The van der Waals surface area contributed by atoms with Crippen LogP contribution in [0.2, 0.25) is 0 Å². The molecule has 0 aliphatic heterocycles. The van der Waals surface area contributed by atoms with Crippen LogP contribution in [-0.2, 0) is 0 Å². The summed E-state index contributed by atoms with van der Waals surface area (Å²) in [5, 5.41) is 15.1. The second-order valence-electron chi connectivity index (χ2n) is 0.632. The second-order valence-corrected chi connectivity index (χ2v) is 0.632. The summed E-state index contributed by atoms with van der Waals surface area (Å²) in [5.41, 5.74) is 0. The minimum Gasteiger partial charge on any atom is -0.397 e. The molecule has 0 bridgehead atoms. The van der Waals surface area contributed by atoms with E-state index < -0.39 is 0 Å². The Morgan fingerprint density at radius 1 is 1.00 bits per heavy atom. The molecular weight excluding hydrogens is 199 g/mol. The minimum absolute atomic E-state index is 0. The molecule has 0 aromatic rings. The molecule has 4 radical (unpaired) electrons. The van der Waals surface area contributed by atoms with Crippen LogP contribution in [0.25, 0.3) is 0 Å². The molecule has 2 nitrogen and oxygen atoms in total. The first kappa shape index (κ1) is 15.6. The van der Waals surface area contributed by atoms with Gasteiger partial charge in [0.15, 0.2) is 0 Å². The van der Waals surface area contributed by atoms with Gasteiger partial charge in [-0.05, 0) is 13.8 Å². The van der Waals surface area contributed by atoms with E-state index >= 15 is 0 Å². The monoisotopic (exact) mass is 212 g/mol. The van der Waals surface area contributed by atoms with Crippen LogP contribution in [0.3, 0.4) is 0 Å². The van der Waals surface area contributed by atoms with Crippen molar-refractivity contribution in [1.82, 2.24) is 0 Å². The van der Waals surface area contributed by atoms with E-state index in [9.17, 15) is 0 Å². The quantitative estimate of drug-likeness (QED) is 0.536. The molecule has 0 saturated carbocycles. The average molecular weight is 211 g/mol. The summed E-state index contributed by atoms with van der Waals surface area (Å²) in [7, 11) is 0. The van der Waals surface area contributed by atoms with Crippen molar-refractivity contribution in [3.05, 3.63) is 0 Å². The summed E-state index contributed by atoms with van der Waals surface area (Å²) in [4.78, 5) is 0. The molecule has 0 rings (SSSR count). The van der Waals surface area contributed by atoms with Gasteiger partial charge < -0.3 is 10.2 Å². The van der Waals surface area contributed by atoms with Crippen molar-refractivity contribution in [3.63, 3.8) is 0 Å². The summed E-state index contributed by atoms with van der Waals surface area (Å²) in [6.07, 6.45) is 0. The minimum atomic E-state index is 0. The predicted octanol–water partition coefficient (Wildman–Crippen LogP) is -0.384. The normalized spacial score (nSPS) is 5.14. The van der Waals surface area contributed by atoms with Crippen LogP contribution in [-0.4, -0.2) is 47.3 Å². The Labute approximate surface area is 61.5 Å². The van der Waals surface area contributed by atoms with Gasteiger partial charge in [-0.1, -0.05) is 0 Å². The number of aliphatic hydroxyl groups excluding tert-OH is 2. The maximum Gasteiger partial charge on any atom is 0.0402 e. The molecule has 2 N–H and O–H groups in total. The summed E-state index contributed by atoms with van der Waals surface area (Å²) in [6.45, 7) is 3.86.